The second-order valence-electron chi connectivity index (χ2n) is 4.46. The van der Waals surface area contributed by atoms with Crippen LogP contribution >= 0.6 is 11.6 Å². The van der Waals surface area contributed by atoms with Crippen molar-refractivity contribution in [3.05, 3.63) is 29.3 Å². The highest BCUT2D eigenvalue weighted by Gasteiger charge is 2.30. The number of hydrogen-bond donors (Lipinski definition) is 1. The summed E-state index contributed by atoms with van der Waals surface area (Å²) in [7, 11) is -2.57. The van der Waals surface area contributed by atoms with Gasteiger partial charge in [-0.15, -0.1) is 0 Å². The summed E-state index contributed by atoms with van der Waals surface area (Å²) in [6, 6.07) is 4.82. The molecule has 0 spiro atoms. The normalized spacial score (nSPS) is 14.6. The minimum atomic E-state index is -3.80. The van der Waals surface area contributed by atoms with Gasteiger partial charge < -0.3 is 4.74 Å². The van der Waals surface area contributed by atoms with Crippen molar-refractivity contribution in [2.75, 3.05) is 7.11 Å². The van der Waals surface area contributed by atoms with Crippen LogP contribution in [0.3, 0.4) is 0 Å². The van der Waals surface area contributed by atoms with E-state index >= 15 is 0 Å². The molecule has 0 unspecified atom stereocenters. The van der Waals surface area contributed by atoms with Gasteiger partial charge in [0.15, 0.2) is 0 Å². The van der Waals surface area contributed by atoms with Crippen LogP contribution in [0.15, 0.2) is 29.2 Å². The summed E-state index contributed by atoms with van der Waals surface area (Å²) < 4.78 is 31.5. The molecule has 0 aliphatic heterocycles. The zero-order chi connectivity index (χ0) is 15.3. The Morgan fingerprint density at radius 2 is 1.90 bits per heavy atom. The minimum Gasteiger partial charge on any atom is -0.468 e. The number of nitrogens with one attached hydrogen (secondary N) is 1. The summed E-state index contributed by atoms with van der Waals surface area (Å²) in [5, 5.41) is 0.440. The van der Waals surface area contributed by atoms with Gasteiger partial charge in [-0.1, -0.05) is 31.9 Å². The molecule has 0 radical (unpaired) electrons. The smallest absolute Gasteiger partial charge is 0.324 e. The van der Waals surface area contributed by atoms with Crippen molar-refractivity contribution in [3.63, 3.8) is 0 Å². The van der Waals surface area contributed by atoms with Crippen LogP contribution in [0.2, 0.25) is 5.02 Å². The Morgan fingerprint density at radius 1 is 1.35 bits per heavy atom. The molecular formula is C13H18ClNO4S. The van der Waals surface area contributed by atoms with Gasteiger partial charge in [-0.25, -0.2) is 8.42 Å². The molecule has 0 aliphatic carbocycles. The Balaban J connectivity index is 3.02. The first-order valence-corrected chi connectivity index (χ1v) is 8.03. The van der Waals surface area contributed by atoms with Gasteiger partial charge in [-0.05, 0) is 30.2 Å². The molecule has 7 heteroatoms. The second-order valence-corrected chi connectivity index (χ2v) is 6.61. The summed E-state index contributed by atoms with van der Waals surface area (Å²) in [5.74, 6) is -0.776. The van der Waals surface area contributed by atoms with Gasteiger partial charge in [0.1, 0.15) is 6.04 Å². The largest absolute Gasteiger partial charge is 0.468 e. The van der Waals surface area contributed by atoms with Crippen LogP contribution in [-0.4, -0.2) is 27.5 Å². The van der Waals surface area contributed by atoms with E-state index in [1.165, 1.54) is 31.4 Å². The summed E-state index contributed by atoms with van der Waals surface area (Å²) in [5.41, 5.74) is 0. The molecule has 0 aromatic heterocycles. The summed E-state index contributed by atoms with van der Waals surface area (Å²) in [6.07, 6.45) is 0.642. The zero-order valence-corrected chi connectivity index (χ0v) is 13.2. The predicted molar refractivity (Wildman–Crippen MR) is 77.0 cm³/mol. The Morgan fingerprint density at radius 3 is 2.35 bits per heavy atom. The predicted octanol–water partition coefficient (Wildman–Crippen LogP) is 2.21. The van der Waals surface area contributed by atoms with Gasteiger partial charge in [0.05, 0.1) is 12.0 Å². The van der Waals surface area contributed by atoms with Crippen LogP contribution in [0, 0.1) is 5.92 Å². The number of benzene rings is 1. The molecule has 1 rings (SSSR count). The number of carbonyl (C=O) groups is 1. The summed E-state index contributed by atoms with van der Waals surface area (Å²) in [6.45, 7) is 3.66. The van der Waals surface area contributed by atoms with Crippen LogP contribution in [0.25, 0.3) is 0 Å². The van der Waals surface area contributed by atoms with Crippen LogP contribution in [0.1, 0.15) is 20.3 Å². The van der Waals surface area contributed by atoms with Gasteiger partial charge in [0, 0.05) is 5.02 Å². The molecule has 0 amide bonds. The average Bonchev–Trinajstić information content (AvgIpc) is 2.43. The van der Waals surface area contributed by atoms with E-state index in [1.807, 2.05) is 6.92 Å². The highest BCUT2D eigenvalue weighted by Crippen LogP contribution is 2.17. The van der Waals surface area contributed by atoms with Crippen molar-refractivity contribution >= 4 is 27.6 Å². The third-order valence-electron chi connectivity index (χ3n) is 3.07. The van der Waals surface area contributed by atoms with Crippen molar-refractivity contribution in [1.29, 1.82) is 0 Å². The molecular weight excluding hydrogens is 302 g/mol. The molecule has 20 heavy (non-hydrogen) atoms. The Bertz CT molecular complexity index is 556. The minimum absolute atomic E-state index is 0.0547. The fourth-order valence-electron chi connectivity index (χ4n) is 1.61. The first-order chi connectivity index (χ1) is 9.31. The molecule has 1 aromatic rings. The number of sulfonamides is 1. The van der Waals surface area contributed by atoms with Crippen molar-refractivity contribution in [3.8, 4) is 0 Å². The molecule has 0 heterocycles. The van der Waals surface area contributed by atoms with Gasteiger partial charge in [0.2, 0.25) is 10.0 Å². The first kappa shape index (κ1) is 16.9. The van der Waals surface area contributed by atoms with E-state index < -0.39 is 22.0 Å². The van der Waals surface area contributed by atoms with Crippen molar-refractivity contribution in [2.45, 2.75) is 31.2 Å². The molecule has 0 saturated heterocycles. The monoisotopic (exact) mass is 319 g/mol. The van der Waals surface area contributed by atoms with Gasteiger partial charge in [-0.3, -0.25) is 4.79 Å². The lowest BCUT2D eigenvalue weighted by Gasteiger charge is -2.21. The quantitative estimate of drug-likeness (QED) is 0.816. The summed E-state index contributed by atoms with van der Waals surface area (Å²) >= 11 is 5.72. The number of methoxy groups -OCH3 is 1. The van der Waals surface area contributed by atoms with E-state index in [4.69, 9.17) is 11.6 Å². The van der Waals surface area contributed by atoms with Crippen LogP contribution in [-0.2, 0) is 19.6 Å². The average molecular weight is 320 g/mol. The SMILES string of the molecule is CC[C@H](C)[C@H](NS(=O)(=O)c1ccc(Cl)cc1)C(=O)OC. The molecule has 1 N–H and O–H groups in total. The van der Waals surface area contributed by atoms with Crippen molar-refractivity contribution in [2.24, 2.45) is 5.92 Å². The number of ether oxygens (including phenoxy) is 1. The third kappa shape index (κ3) is 4.19. The van der Waals surface area contributed by atoms with Gasteiger partial charge in [0.25, 0.3) is 0 Å². The lowest BCUT2D eigenvalue weighted by Crippen LogP contribution is -2.45. The van der Waals surface area contributed by atoms with Crippen LogP contribution in [0.5, 0.6) is 0 Å². The fraction of sp³-hybridized carbons (Fsp3) is 0.462. The molecule has 2 atom stereocenters. The molecule has 0 aliphatic rings. The highest BCUT2D eigenvalue weighted by molar-refractivity contribution is 7.89. The number of halogens is 1. The number of carbonyl (C=O) groups excluding carboxylic acids is 1. The maximum atomic E-state index is 12.2. The maximum Gasteiger partial charge on any atom is 0.324 e. The lowest BCUT2D eigenvalue weighted by atomic mass is 10.0. The molecule has 0 bridgehead atoms. The highest BCUT2D eigenvalue weighted by atomic mass is 35.5. The van der Waals surface area contributed by atoms with E-state index in [2.05, 4.69) is 9.46 Å². The number of rotatable bonds is 6. The standard InChI is InChI=1S/C13H18ClNO4S/c1-4-9(2)12(13(16)19-3)15-20(17,18)11-7-5-10(14)6-8-11/h5-9,12,15H,4H2,1-3H3/t9-,12-/m0/s1. The van der Waals surface area contributed by atoms with E-state index in [-0.39, 0.29) is 10.8 Å². The second kappa shape index (κ2) is 7.06. The van der Waals surface area contributed by atoms with E-state index in [9.17, 15) is 13.2 Å². The number of esters is 1. The van der Waals surface area contributed by atoms with Crippen molar-refractivity contribution in [1.82, 2.24) is 4.72 Å². The van der Waals surface area contributed by atoms with E-state index in [0.717, 1.165) is 0 Å². The summed E-state index contributed by atoms with van der Waals surface area (Å²) in [4.78, 5) is 11.8. The van der Waals surface area contributed by atoms with Gasteiger partial charge >= 0.3 is 5.97 Å². The topological polar surface area (TPSA) is 72.5 Å². The van der Waals surface area contributed by atoms with Crippen LogP contribution < -0.4 is 4.72 Å². The first-order valence-electron chi connectivity index (χ1n) is 6.17. The lowest BCUT2D eigenvalue weighted by molar-refractivity contribution is -0.143. The Labute approximate surface area is 124 Å². The van der Waals surface area contributed by atoms with Crippen LogP contribution in [0.4, 0.5) is 0 Å². The molecule has 1 aromatic carbocycles. The van der Waals surface area contributed by atoms with E-state index in [1.54, 1.807) is 6.92 Å². The van der Waals surface area contributed by atoms with Gasteiger partial charge in [-0.2, -0.15) is 4.72 Å². The molecule has 5 nitrogen and oxygen atoms in total. The molecule has 0 saturated carbocycles. The Hall–Kier alpha value is -1.11. The number of hydrogen-bond acceptors (Lipinski definition) is 4. The van der Waals surface area contributed by atoms with Crippen molar-refractivity contribution < 1.29 is 17.9 Å². The fourth-order valence-corrected chi connectivity index (χ4v) is 3.03. The third-order valence-corrected chi connectivity index (χ3v) is 4.78. The maximum absolute atomic E-state index is 12.2. The molecule has 0 fully saturated rings. The Kier molecular flexibility index (Phi) is 5.98. The van der Waals surface area contributed by atoms with E-state index in [0.29, 0.717) is 11.4 Å². The zero-order valence-electron chi connectivity index (χ0n) is 11.6. The molecule has 112 valence electrons.